The highest BCUT2D eigenvalue weighted by Crippen LogP contribution is 2.24. The molecule has 0 saturated carbocycles. The number of ether oxygens (including phenoxy) is 1. The predicted molar refractivity (Wildman–Crippen MR) is 76.7 cm³/mol. The van der Waals surface area contributed by atoms with Crippen molar-refractivity contribution in [2.24, 2.45) is 0 Å². The fraction of sp³-hybridized carbons (Fsp3) is 0.714. The largest absolute Gasteiger partial charge is 0.477 e. The lowest BCUT2D eigenvalue weighted by atomic mass is 10.2. The van der Waals surface area contributed by atoms with Crippen LogP contribution in [0.5, 0.6) is 5.88 Å². The van der Waals surface area contributed by atoms with E-state index in [1.807, 2.05) is 6.20 Å². The summed E-state index contributed by atoms with van der Waals surface area (Å²) in [5.41, 5.74) is 0. The second-order valence-corrected chi connectivity index (χ2v) is 4.86. The standard InChI is InChI=1S/C14H24N4O/c1-3-8-19-14-11-16-10-13(17-14)18-7-5-6-12(18)9-15-4-2/h10-12,15H,3-9H2,1-2H3. The van der Waals surface area contributed by atoms with Crippen LogP contribution in [-0.4, -0.2) is 42.3 Å². The lowest BCUT2D eigenvalue weighted by Crippen LogP contribution is -2.38. The lowest BCUT2D eigenvalue weighted by molar-refractivity contribution is 0.304. The molecule has 0 spiro atoms. The molecule has 1 atom stereocenters. The third-order valence-corrected chi connectivity index (χ3v) is 3.36. The minimum atomic E-state index is 0.524. The molecule has 0 amide bonds. The molecule has 106 valence electrons. The molecular weight excluding hydrogens is 240 g/mol. The van der Waals surface area contributed by atoms with E-state index in [-0.39, 0.29) is 0 Å². The number of hydrogen-bond acceptors (Lipinski definition) is 5. The van der Waals surface area contributed by atoms with Gasteiger partial charge in [-0.2, -0.15) is 4.98 Å². The topological polar surface area (TPSA) is 50.3 Å². The summed E-state index contributed by atoms with van der Waals surface area (Å²) in [6.07, 6.45) is 6.95. The van der Waals surface area contributed by atoms with Crippen LogP contribution in [0.15, 0.2) is 12.4 Å². The summed E-state index contributed by atoms with van der Waals surface area (Å²) in [5.74, 6) is 1.57. The summed E-state index contributed by atoms with van der Waals surface area (Å²) in [6.45, 7) is 8.00. The van der Waals surface area contributed by atoms with Gasteiger partial charge in [0.25, 0.3) is 0 Å². The molecule has 0 radical (unpaired) electrons. The van der Waals surface area contributed by atoms with E-state index in [1.165, 1.54) is 12.8 Å². The smallest absolute Gasteiger partial charge is 0.234 e. The minimum Gasteiger partial charge on any atom is -0.477 e. The van der Waals surface area contributed by atoms with Crippen LogP contribution in [0.4, 0.5) is 5.82 Å². The highest BCUT2D eigenvalue weighted by molar-refractivity contribution is 5.40. The van der Waals surface area contributed by atoms with Crippen molar-refractivity contribution in [3.8, 4) is 5.88 Å². The Morgan fingerprint density at radius 1 is 1.42 bits per heavy atom. The highest BCUT2D eigenvalue weighted by atomic mass is 16.5. The number of likely N-dealkylation sites (N-methyl/N-ethyl adjacent to an activating group) is 1. The molecule has 0 bridgehead atoms. The molecule has 0 aromatic carbocycles. The molecule has 2 heterocycles. The predicted octanol–water partition coefficient (Wildman–Crippen LogP) is 1.84. The summed E-state index contributed by atoms with van der Waals surface area (Å²) in [5, 5.41) is 3.42. The van der Waals surface area contributed by atoms with E-state index in [4.69, 9.17) is 4.74 Å². The maximum Gasteiger partial charge on any atom is 0.234 e. The molecule has 1 unspecified atom stereocenters. The molecule has 1 aliphatic heterocycles. The average Bonchev–Trinajstić information content (AvgIpc) is 2.91. The Balaban J connectivity index is 2.03. The van der Waals surface area contributed by atoms with Gasteiger partial charge in [0, 0.05) is 19.1 Å². The Morgan fingerprint density at radius 2 is 2.32 bits per heavy atom. The maximum atomic E-state index is 5.56. The maximum absolute atomic E-state index is 5.56. The van der Waals surface area contributed by atoms with E-state index in [0.717, 1.165) is 31.9 Å². The van der Waals surface area contributed by atoms with Crippen LogP contribution in [0.3, 0.4) is 0 Å². The molecule has 1 N–H and O–H groups in total. The first-order valence-corrected chi connectivity index (χ1v) is 7.27. The first kappa shape index (κ1) is 14.1. The van der Waals surface area contributed by atoms with Crippen molar-refractivity contribution >= 4 is 5.82 Å². The summed E-state index contributed by atoms with van der Waals surface area (Å²) >= 11 is 0. The zero-order chi connectivity index (χ0) is 13.5. The molecular formula is C14H24N4O. The van der Waals surface area contributed by atoms with Crippen LogP contribution >= 0.6 is 0 Å². The van der Waals surface area contributed by atoms with Gasteiger partial charge in [-0.05, 0) is 25.8 Å². The van der Waals surface area contributed by atoms with Crippen molar-refractivity contribution in [2.75, 3.05) is 31.1 Å². The third kappa shape index (κ3) is 3.80. The van der Waals surface area contributed by atoms with Crippen molar-refractivity contribution in [2.45, 2.75) is 39.2 Å². The number of anilines is 1. The van der Waals surface area contributed by atoms with Gasteiger partial charge in [0.1, 0.15) is 0 Å². The quantitative estimate of drug-likeness (QED) is 0.814. The average molecular weight is 264 g/mol. The van der Waals surface area contributed by atoms with Gasteiger partial charge in [-0.1, -0.05) is 13.8 Å². The number of aromatic nitrogens is 2. The van der Waals surface area contributed by atoms with Gasteiger partial charge in [0.15, 0.2) is 5.82 Å². The van der Waals surface area contributed by atoms with Crippen LogP contribution in [-0.2, 0) is 0 Å². The Morgan fingerprint density at radius 3 is 3.11 bits per heavy atom. The van der Waals surface area contributed by atoms with Crippen molar-refractivity contribution < 1.29 is 4.74 Å². The highest BCUT2D eigenvalue weighted by Gasteiger charge is 2.25. The van der Waals surface area contributed by atoms with E-state index in [2.05, 4.69) is 34.0 Å². The van der Waals surface area contributed by atoms with Crippen molar-refractivity contribution in [3.05, 3.63) is 12.4 Å². The second kappa shape index (κ2) is 7.28. The van der Waals surface area contributed by atoms with Crippen LogP contribution in [0.1, 0.15) is 33.1 Å². The van der Waals surface area contributed by atoms with Crippen LogP contribution < -0.4 is 15.0 Å². The zero-order valence-corrected chi connectivity index (χ0v) is 11.9. The van der Waals surface area contributed by atoms with Crippen molar-refractivity contribution in [1.82, 2.24) is 15.3 Å². The van der Waals surface area contributed by atoms with Crippen LogP contribution in [0.2, 0.25) is 0 Å². The van der Waals surface area contributed by atoms with Gasteiger partial charge >= 0.3 is 0 Å². The van der Waals surface area contributed by atoms with Gasteiger partial charge < -0.3 is 15.0 Å². The van der Waals surface area contributed by atoms with E-state index in [0.29, 0.717) is 18.5 Å². The van der Waals surface area contributed by atoms with Crippen LogP contribution in [0, 0.1) is 0 Å². The van der Waals surface area contributed by atoms with E-state index < -0.39 is 0 Å². The van der Waals surface area contributed by atoms with Gasteiger partial charge in [-0.25, -0.2) is 0 Å². The summed E-state index contributed by atoms with van der Waals surface area (Å²) in [7, 11) is 0. The monoisotopic (exact) mass is 264 g/mol. The van der Waals surface area contributed by atoms with Gasteiger partial charge in [0.2, 0.25) is 5.88 Å². The SMILES string of the molecule is CCCOc1cncc(N2CCCC2CNCC)n1. The second-order valence-electron chi connectivity index (χ2n) is 4.86. The first-order chi connectivity index (χ1) is 9.35. The molecule has 1 aromatic heterocycles. The lowest BCUT2D eigenvalue weighted by Gasteiger charge is -2.25. The summed E-state index contributed by atoms with van der Waals surface area (Å²) < 4.78 is 5.56. The number of nitrogens with one attached hydrogen (secondary N) is 1. The molecule has 1 aromatic rings. The zero-order valence-electron chi connectivity index (χ0n) is 11.9. The van der Waals surface area contributed by atoms with E-state index >= 15 is 0 Å². The Labute approximate surface area is 115 Å². The molecule has 0 aliphatic carbocycles. The molecule has 5 nitrogen and oxygen atoms in total. The molecule has 5 heteroatoms. The summed E-state index contributed by atoms with van der Waals surface area (Å²) in [6, 6.07) is 0.524. The van der Waals surface area contributed by atoms with E-state index in [9.17, 15) is 0 Å². The Hall–Kier alpha value is -1.36. The summed E-state index contributed by atoms with van der Waals surface area (Å²) in [4.78, 5) is 11.2. The Kier molecular flexibility index (Phi) is 5.39. The fourth-order valence-corrected chi connectivity index (χ4v) is 2.41. The van der Waals surface area contributed by atoms with Gasteiger partial charge in [-0.15, -0.1) is 0 Å². The molecule has 2 rings (SSSR count). The minimum absolute atomic E-state index is 0.524. The molecule has 1 fully saturated rings. The van der Waals surface area contributed by atoms with Gasteiger partial charge in [0.05, 0.1) is 19.0 Å². The van der Waals surface area contributed by atoms with E-state index in [1.54, 1.807) is 6.20 Å². The molecule has 19 heavy (non-hydrogen) atoms. The van der Waals surface area contributed by atoms with Crippen molar-refractivity contribution in [3.63, 3.8) is 0 Å². The fourth-order valence-electron chi connectivity index (χ4n) is 2.41. The molecule has 1 aliphatic rings. The van der Waals surface area contributed by atoms with Gasteiger partial charge in [-0.3, -0.25) is 4.98 Å². The normalized spacial score (nSPS) is 18.8. The number of rotatable bonds is 7. The van der Waals surface area contributed by atoms with Crippen molar-refractivity contribution in [1.29, 1.82) is 0 Å². The number of hydrogen-bond donors (Lipinski definition) is 1. The third-order valence-electron chi connectivity index (χ3n) is 3.36. The Bertz CT molecular complexity index is 385. The van der Waals surface area contributed by atoms with Crippen LogP contribution in [0.25, 0.3) is 0 Å². The first-order valence-electron chi connectivity index (χ1n) is 7.27. The molecule has 1 saturated heterocycles. The number of nitrogens with zero attached hydrogens (tertiary/aromatic N) is 3.